The van der Waals surface area contributed by atoms with Crippen LogP contribution in [0.4, 0.5) is 8.78 Å². The number of rotatable bonds is 8. The van der Waals surface area contributed by atoms with Crippen LogP contribution in [0.15, 0.2) is 23.2 Å². The summed E-state index contributed by atoms with van der Waals surface area (Å²) in [6.45, 7) is 3.22. The first-order chi connectivity index (χ1) is 11.4. The Balaban J connectivity index is 2.58. The molecule has 0 aliphatic rings. The Hall–Kier alpha value is -2.18. The van der Waals surface area contributed by atoms with Crippen molar-refractivity contribution in [2.24, 2.45) is 4.99 Å². The van der Waals surface area contributed by atoms with E-state index in [1.807, 2.05) is 0 Å². The number of carbonyl (C=O) groups excluding carboxylic acids is 1. The van der Waals surface area contributed by atoms with E-state index in [1.165, 1.54) is 11.0 Å². The molecule has 0 atom stereocenters. The van der Waals surface area contributed by atoms with E-state index in [-0.39, 0.29) is 12.5 Å². The molecule has 0 unspecified atom stereocenters. The standard InChI is InChI=1S/C17H26F2N4O/c1-4-5-9-20-17(22-12-16(24)23(2)3)21-10-8-13-11-14(18)6-7-15(13)19/h6-7,11H,4-5,8-10,12H2,1-3H3,(H2,20,21,22). The van der Waals surface area contributed by atoms with E-state index in [0.29, 0.717) is 24.5 Å². The second-order valence-electron chi connectivity index (χ2n) is 5.65. The Labute approximate surface area is 142 Å². The molecule has 24 heavy (non-hydrogen) atoms. The third-order valence-electron chi connectivity index (χ3n) is 3.39. The Morgan fingerprint density at radius 2 is 1.92 bits per heavy atom. The lowest BCUT2D eigenvalue weighted by Crippen LogP contribution is -2.40. The molecule has 2 N–H and O–H groups in total. The number of nitrogens with one attached hydrogen (secondary N) is 2. The van der Waals surface area contributed by atoms with Gasteiger partial charge < -0.3 is 15.5 Å². The van der Waals surface area contributed by atoms with Crippen LogP contribution in [-0.4, -0.2) is 50.5 Å². The van der Waals surface area contributed by atoms with Crippen LogP contribution in [0, 0.1) is 11.6 Å². The lowest BCUT2D eigenvalue weighted by atomic mass is 10.1. The molecule has 7 heteroatoms. The van der Waals surface area contributed by atoms with E-state index >= 15 is 0 Å². The van der Waals surface area contributed by atoms with E-state index in [2.05, 4.69) is 22.5 Å². The van der Waals surface area contributed by atoms with Gasteiger partial charge in [-0.15, -0.1) is 0 Å². The van der Waals surface area contributed by atoms with Gasteiger partial charge in [0.1, 0.15) is 18.2 Å². The van der Waals surface area contributed by atoms with Crippen molar-refractivity contribution in [2.45, 2.75) is 26.2 Å². The Bertz CT molecular complexity index is 562. The number of halogens is 2. The fourth-order valence-electron chi connectivity index (χ4n) is 1.90. The Kier molecular flexibility index (Phi) is 8.75. The number of likely N-dealkylation sites (N-methyl/N-ethyl adjacent to an activating group) is 1. The summed E-state index contributed by atoms with van der Waals surface area (Å²) in [6, 6.07) is 3.40. The zero-order valence-corrected chi connectivity index (χ0v) is 14.5. The highest BCUT2D eigenvalue weighted by Gasteiger charge is 2.06. The molecule has 134 valence electrons. The van der Waals surface area contributed by atoms with Crippen molar-refractivity contribution >= 4 is 11.9 Å². The van der Waals surface area contributed by atoms with Gasteiger partial charge >= 0.3 is 0 Å². The number of benzene rings is 1. The van der Waals surface area contributed by atoms with Crippen LogP contribution < -0.4 is 10.6 Å². The van der Waals surface area contributed by atoms with Gasteiger partial charge in [0.05, 0.1) is 0 Å². The van der Waals surface area contributed by atoms with Crippen molar-refractivity contribution < 1.29 is 13.6 Å². The van der Waals surface area contributed by atoms with E-state index in [1.54, 1.807) is 14.1 Å². The zero-order chi connectivity index (χ0) is 17.9. The van der Waals surface area contributed by atoms with Crippen molar-refractivity contribution in [3.05, 3.63) is 35.4 Å². The van der Waals surface area contributed by atoms with Crippen LogP contribution in [0.3, 0.4) is 0 Å². The fraction of sp³-hybridized carbons (Fsp3) is 0.529. The molecule has 0 saturated carbocycles. The maximum Gasteiger partial charge on any atom is 0.243 e. The molecule has 0 aromatic heterocycles. The first-order valence-electron chi connectivity index (χ1n) is 8.10. The number of hydrogen-bond acceptors (Lipinski definition) is 2. The summed E-state index contributed by atoms with van der Waals surface area (Å²) in [4.78, 5) is 17.3. The maximum atomic E-state index is 13.6. The highest BCUT2D eigenvalue weighted by atomic mass is 19.1. The quantitative estimate of drug-likeness (QED) is 0.432. The maximum absolute atomic E-state index is 13.6. The van der Waals surface area contributed by atoms with Gasteiger partial charge in [0, 0.05) is 27.2 Å². The fourth-order valence-corrected chi connectivity index (χ4v) is 1.90. The van der Waals surface area contributed by atoms with Gasteiger partial charge in [-0.1, -0.05) is 13.3 Å². The van der Waals surface area contributed by atoms with E-state index in [9.17, 15) is 13.6 Å². The molecule has 0 saturated heterocycles. The molecule has 0 radical (unpaired) electrons. The average Bonchev–Trinajstić information content (AvgIpc) is 2.54. The number of nitrogens with zero attached hydrogens (tertiary/aromatic N) is 2. The van der Waals surface area contributed by atoms with Gasteiger partial charge in [-0.05, 0) is 36.6 Å². The minimum absolute atomic E-state index is 0.0305. The molecule has 1 aromatic rings. The zero-order valence-electron chi connectivity index (χ0n) is 14.5. The largest absolute Gasteiger partial charge is 0.356 e. The minimum Gasteiger partial charge on any atom is -0.356 e. The summed E-state index contributed by atoms with van der Waals surface area (Å²) in [5.74, 6) is -0.505. The molecule has 0 heterocycles. The summed E-state index contributed by atoms with van der Waals surface area (Å²) < 4.78 is 26.8. The molecule has 0 aliphatic carbocycles. The molecule has 1 amide bonds. The number of unbranched alkanes of at least 4 members (excludes halogenated alkanes) is 1. The first-order valence-corrected chi connectivity index (χ1v) is 8.10. The summed E-state index contributed by atoms with van der Waals surface area (Å²) in [5, 5.41) is 6.17. The van der Waals surface area contributed by atoms with Crippen LogP contribution in [-0.2, 0) is 11.2 Å². The Morgan fingerprint density at radius 3 is 2.58 bits per heavy atom. The molecule has 0 fully saturated rings. The number of hydrogen-bond donors (Lipinski definition) is 2. The van der Waals surface area contributed by atoms with Crippen molar-refractivity contribution in [3.8, 4) is 0 Å². The molecule has 0 aliphatic heterocycles. The topological polar surface area (TPSA) is 56.7 Å². The van der Waals surface area contributed by atoms with Gasteiger partial charge in [0.25, 0.3) is 0 Å². The number of carbonyl (C=O) groups is 1. The van der Waals surface area contributed by atoms with Crippen molar-refractivity contribution in [3.63, 3.8) is 0 Å². The van der Waals surface area contributed by atoms with Crippen LogP contribution in [0.2, 0.25) is 0 Å². The highest BCUT2D eigenvalue weighted by Crippen LogP contribution is 2.09. The molecular weight excluding hydrogens is 314 g/mol. The van der Waals surface area contributed by atoms with Crippen LogP contribution in [0.25, 0.3) is 0 Å². The normalized spacial score (nSPS) is 11.3. The summed E-state index contributed by atoms with van der Waals surface area (Å²) in [6.07, 6.45) is 2.33. The van der Waals surface area contributed by atoms with Gasteiger partial charge in [0.15, 0.2) is 5.96 Å². The minimum atomic E-state index is -0.460. The molecule has 1 rings (SSSR count). The monoisotopic (exact) mass is 340 g/mol. The van der Waals surface area contributed by atoms with Gasteiger partial charge in [-0.3, -0.25) is 4.79 Å². The molecular formula is C17H26F2N4O. The van der Waals surface area contributed by atoms with Gasteiger partial charge in [-0.2, -0.15) is 0 Å². The summed E-state index contributed by atoms with van der Waals surface area (Å²) in [7, 11) is 3.34. The van der Waals surface area contributed by atoms with Crippen LogP contribution >= 0.6 is 0 Å². The third-order valence-corrected chi connectivity index (χ3v) is 3.39. The van der Waals surface area contributed by atoms with Crippen LogP contribution in [0.1, 0.15) is 25.3 Å². The number of aliphatic imine (C=N–C) groups is 1. The molecule has 0 spiro atoms. The lowest BCUT2D eigenvalue weighted by molar-refractivity contribution is -0.127. The van der Waals surface area contributed by atoms with Crippen molar-refractivity contribution in [2.75, 3.05) is 33.7 Å². The second kappa shape index (κ2) is 10.6. The van der Waals surface area contributed by atoms with E-state index < -0.39 is 11.6 Å². The molecule has 1 aromatic carbocycles. The van der Waals surface area contributed by atoms with Crippen LogP contribution in [0.5, 0.6) is 0 Å². The Morgan fingerprint density at radius 1 is 1.21 bits per heavy atom. The average molecular weight is 340 g/mol. The second-order valence-corrected chi connectivity index (χ2v) is 5.65. The lowest BCUT2D eigenvalue weighted by Gasteiger charge is -2.14. The molecule has 0 bridgehead atoms. The number of guanidine groups is 1. The van der Waals surface area contributed by atoms with Crippen molar-refractivity contribution in [1.82, 2.24) is 15.5 Å². The third kappa shape index (κ3) is 7.39. The highest BCUT2D eigenvalue weighted by molar-refractivity contribution is 5.84. The van der Waals surface area contributed by atoms with E-state index in [4.69, 9.17) is 0 Å². The summed E-state index contributed by atoms with van der Waals surface area (Å²) in [5.41, 5.74) is 0.305. The SMILES string of the molecule is CCCCNC(=NCC(=O)N(C)C)NCCc1cc(F)ccc1F. The van der Waals surface area contributed by atoms with Crippen molar-refractivity contribution in [1.29, 1.82) is 0 Å². The predicted octanol–water partition coefficient (Wildman–Crippen LogP) is 1.93. The number of amides is 1. The smallest absolute Gasteiger partial charge is 0.243 e. The van der Waals surface area contributed by atoms with Gasteiger partial charge in [-0.25, -0.2) is 13.8 Å². The van der Waals surface area contributed by atoms with Gasteiger partial charge in [0.2, 0.25) is 5.91 Å². The first kappa shape index (κ1) is 19.9. The summed E-state index contributed by atoms with van der Waals surface area (Å²) >= 11 is 0. The van der Waals surface area contributed by atoms with E-state index in [0.717, 1.165) is 31.5 Å². The molecule has 5 nitrogen and oxygen atoms in total. The predicted molar refractivity (Wildman–Crippen MR) is 92.0 cm³/mol.